The number of ether oxygens (including phenoxy) is 2. The molecule has 2 atom stereocenters. The highest BCUT2D eigenvalue weighted by Gasteiger charge is 2.53. The van der Waals surface area contributed by atoms with Gasteiger partial charge in [-0.2, -0.15) is 0 Å². The second kappa shape index (κ2) is 12.5. The molecule has 1 aliphatic heterocycles. The van der Waals surface area contributed by atoms with E-state index in [1.807, 2.05) is 0 Å². The molecule has 0 aromatic heterocycles. The smallest absolute Gasteiger partial charge is 0.250 e. The fourth-order valence-corrected chi connectivity index (χ4v) is 4.42. The predicted molar refractivity (Wildman–Crippen MR) is 144 cm³/mol. The molecule has 1 aliphatic rings. The molecule has 12 nitrogen and oxygen atoms in total. The van der Waals surface area contributed by atoms with Gasteiger partial charge in [-0.15, -0.1) is 0 Å². The molecule has 3 aromatic rings. The first-order chi connectivity index (χ1) is 19.0. The quantitative estimate of drug-likeness (QED) is 0.142. The summed E-state index contributed by atoms with van der Waals surface area (Å²) in [6, 6.07) is 21.0. The molecule has 0 bridgehead atoms. The Balaban J connectivity index is 1.82. The van der Waals surface area contributed by atoms with Crippen LogP contribution in [0.15, 0.2) is 88.0 Å². The van der Waals surface area contributed by atoms with Crippen molar-refractivity contribution in [2.24, 2.45) is 21.0 Å². The van der Waals surface area contributed by atoms with E-state index in [0.29, 0.717) is 46.7 Å². The number of carbonyl (C=O) groups is 1. The lowest BCUT2D eigenvalue weighted by Crippen LogP contribution is -2.47. The van der Waals surface area contributed by atoms with Gasteiger partial charge in [-0.25, -0.2) is 4.99 Å². The third-order valence-electron chi connectivity index (χ3n) is 6.31. The zero-order chi connectivity index (χ0) is 27.7. The molecule has 198 valence electrons. The number of rotatable bonds is 12. The van der Waals surface area contributed by atoms with Gasteiger partial charge < -0.3 is 20.3 Å². The molecule has 4 rings (SSSR count). The Bertz CT molecular complexity index is 1460. The molecule has 3 N–H and O–H groups in total. The van der Waals surface area contributed by atoms with Gasteiger partial charge in [0.15, 0.2) is 11.6 Å². The van der Waals surface area contributed by atoms with E-state index in [2.05, 4.69) is 20.1 Å². The van der Waals surface area contributed by atoms with Gasteiger partial charge in [0, 0.05) is 40.5 Å². The maximum Gasteiger partial charge on any atom is 0.250 e. The molecular weight excluding hydrogens is 500 g/mol. The molecule has 3 aromatic carbocycles. The van der Waals surface area contributed by atoms with Gasteiger partial charge in [0.05, 0.1) is 13.2 Å². The van der Waals surface area contributed by atoms with Crippen molar-refractivity contribution >= 4 is 17.5 Å². The summed E-state index contributed by atoms with van der Waals surface area (Å²) in [5.41, 5.74) is 25.1. The van der Waals surface area contributed by atoms with Crippen molar-refractivity contribution in [2.75, 3.05) is 13.2 Å². The molecule has 1 heterocycles. The van der Waals surface area contributed by atoms with Crippen LogP contribution < -0.4 is 10.5 Å². The monoisotopic (exact) mass is 526 g/mol. The van der Waals surface area contributed by atoms with Crippen molar-refractivity contribution in [1.82, 2.24) is 0 Å². The molecular formula is C27H26N8O4. The third-order valence-corrected chi connectivity index (χ3v) is 6.31. The predicted octanol–water partition coefficient (Wildman–Crippen LogP) is 5.18. The van der Waals surface area contributed by atoms with Gasteiger partial charge in [-0.3, -0.25) is 4.79 Å². The largest absolute Gasteiger partial charge is 0.494 e. The van der Waals surface area contributed by atoms with E-state index in [-0.39, 0.29) is 25.5 Å². The molecule has 0 saturated carbocycles. The van der Waals surface area contributed by atoms with Crippen LogP contribution in [0.1, 0.15) is 34.8 Å². The van der Waals surface area contributed by atoms with E-state index in [0.717, 1.165) is 0 Å². The minimum absolute atomic E-state index is 0.0100. The molecule has 0 spiro atoms. The number of carbonyl (C=O) groups excluding carboxylic acids is 1. The summed E-state index contributed by atoms with van der Waals surface area (Å²) in [5, 5.41) is 16.4. The second-order valence-corrected chi connectivity index (χ2v) is 8.74. The number of azide groups is 2. The summed E-state index contributed by atoms with van der Waals surface area (Å²) in [7, 11) is 0. The number of hydrogen-bond donors (Lipinski definition) is 2. The van der Waals surface area contributed by atoms with E-state index < -0.39 is 17.6 Å². The number of benzene rings is 3. The first kappa shape index (κ1) is 27.0. The van der Waals surface area contributed by atoms with Gasteiger partial charge in [0.2, 0.25) is 11.8 Å². The lowest BCUT2D eigenvalue weighted by molar-refractivity contribution is -0.125. The van der Waals surface area contributed by atoms with E-state index >= 15 is 0 Å². The number of aliphatic hydroxyl groups is 1. The van der Waals surface area contributed by atoms with Crippen LogP contribution in [-0.2, 0) is 22.5 Å². The van der Waals surface area contributed by atoms with E-state index in [4.69, 9.17) is 36.4 Å². The second-order valence-electron chi connectivity index (χ2n) is 8.74. The summed E-state index contributed by atoms with van der Waals surface area (Å²) in [5.74, 6) is 0.0628. The van der Waals surface area contributed by atoms with Crippen LogP contribution in [0, 0.1) is 0 Å². The average Bonchev–Trinajstić information content (AvgIpc) is 3.34. The summed E-state index contributed by atoms with van der Waals surface area (Å²) < 4.78 is 12.0. The number of nitrogens with zero attached hydrogens (tertiary/aromatic N) is 7. The van der Waals surface area contributed by atoms with Gasteiger partial charge >= 0.3 is 0 Å². The Morgan fingerprint density at radius 1 is 1.05 bits per heavy atom. The molecule has 0 unspecified atom stereocenters. The number of primary amides is 1. The van der Waals surface area contributed by atoms with Crippen LogP contribution in [0.3, 0.4) is 0 Å². The highest BCUT2D eigenvalue weighted by atomic mass is 16.5. The fourth-order valence-electron chi connectivity index (χ4n) is 4.42. The van der Waals surface area contributed by atoms with Crippen molar-refractivity contribution in [1.29, 1.82) is 0 Å². The highest BCUT2D eigenvalue weighted by Crippen LogP contribution is 2.44. The lowest BCUT2D eigenvalue weighted by atomic mass is 9.80. The summed E-state index contributed by atoms with van der Waals surface area (Å²) in [4.78, 5) is 23.8. The van der Waals surface area contributed by atoms with Crippen LogP contribution in [0.4, 0.5) is 5.69 Å². The number of aliphatic imine (C=N–C) groups is 1. The van der Waals surface area contributed by atoms with Crippen molar-refractivity contribution in [3.05, 3.63) is 116 Å². The summed E-state index contributed by atoms with van der Waals surface area (Å²) >= 11 is 0. The van der Waals surface area contributed by atoms with E-state index in [1.54, 1.807) is 72.8 Å². The normalized spacial score (nSPS) is 17.8. The zero-order valence-electron chi connectivity index (χ0n) is 20.9. The van der Waals surface area contributed by atoms with Crippen molar-refractivity contribution in [2.45, 2.75) is 31.0 Å². The van der Waals surface area contributed by atoms with Crippen LogP contribution in [-0.4, -0.2) is 35.7 Å². The van der Waals surface area contributed by atoms with Crippen LogP contribution in [0.5, 0.6) is 5.75 Å². The Kier molecular flexibility index (Phi) is 8.65. The van der Waals surface area contributed by atoms with Crippen LogP contribution in [0.2, 0.25) is 0 Å². The molecule has 0 saturated heterocycles. The molecule has 1 amide bonds. The molecule has 0 radical (unpaired) electrons. The highest BCUT2D eigenvalue weighted by molar-refractivity contribution is 6.00. The van der Waals surface area contributed by atoms with Crippen molar-refractivity contribution in [3.8, 4) is 5.75 Å². The molecule has 12 heteroatoms. The number of nitrogens with two attached hydrogens (primary N) is 1. The first-order valence-corrected chi connectivity index (χ1v) is 12.1. The maximum atomic E-state index is 13.3. The van der Waals surface area contributed by atoms with Crippen LogP contribution >= 0.6 is 0 Å². The van der Waals surface area contributed by atoms with Gasteiger partial charge in [0.1, 0.15) is 5.75 Å². The van der Waals surface area contributed by atoms with Gasteiger partial charge in [0.25, 0.3) is 0 Å². The number of aliphatic hydroxyl groups excluding tert-OH is 1. The van der Waals surface area contributed by atoms with Crippen LogP contribution in [0.25, 0.3) is 20.9 Å². The first-order valence-electron chi connectivity index (χ1n) is 12.1. The van der Waals surface area contributed by atoms with E-state index in [1.165, 1.54) is 0 Å². The molecule has 0 fully saturated rings. The Hall–Kier alpha value is -5.02. The van der Waals surface area contributed by atoms with E-state index in [9.17, 15) is 4.79 Å². The van der Waals surface area contributed by atoms with Crippen molar-refractivity contribution < 1.29 is 19.4 Å². The molecule has 0 aliphatic carbocycles. The number of amides is 1. The SMILES string of the molecule is [N-]=[N+]=NCc1ccccc1[C@H]1OC(c2ccc(OCCCO)cc2)=N[C@@]1(Cc1ccccc1N=[N+]=[N-])C(N)=O. The third kappa shape index (κ3) is 5.94. The van der Waals surface area contributed by atoms with Gasteiger partial charge in [-0.05, 0) is 52.0 Å². The Morgan fingerprint density at radius 2 is 1.77 bits per heavy atom. The molecule has 39 heavy (non-hydrogen) atoms. The Morgan fingerprint density at radius 3 is 2.46 bits per heavy atom. The minimum atomic E-state index is -1.61. The topological polar surface area (TPSA) is 192 Å². The standard InChI is InChI=1S/C27H26N8O4/c28-26(37)27(16-19-6-2-4-9-23(19)33-35-30)24(22-8-3-1-7-20(22)17-31-34-29)39-25(32-27)18-10-12-21(13-11-18)38-15-5-14-36/h1-4,6-13,24,36H,5,14-17H2,(H2,28,37)/t24-,27-/m1/s1. The lowest BCUT2D eigenvalue weighted by Gasteiger charge is -2.30. The summed E-state index contributed by atoms with van der Waals surface area (Å²) in [6.45, 7) is 0.432. The zero-order valence-corrected chi connectivity index (χ0v) is 20.9. The minimum Gasteiger partial charge on any atom is -0.494 e. The van der Waals surface area contributed by atoms with Gasteiger partial charge in [-0.1, -0.05) is 58.8 Å². The fraction of sp³-hybridized carbons (Fsp3) is 0.259. The summed E-state index contributed by atoms with van der Waals surface area (Å²) in [6.07, 6.45) is -0.466. The number of hydrogen-bond acceptors (Lipinski definition) is 7. The maximum absolute atomic E-state index is 13.3. The van der Waals surface area contributed by atoms with Crippen molar-refractivity contribution in [3.63, 3.8) is 0 Å². The average molecular weight is 527 g/mol. The Labute approximate surface area is 224 Å².